The van der Waals surface area contributed by atoms with Gasteiger partial charge in [-0.15, -0.1) is 0 Å². The van der Waals surface area contributed by atoms with Gasteiger partial charge in [-0.1, -0.05) is 48.2 Å². The SMILES string of the molecule is C[C@@H](NS(=O)(=O)N1CCN(c2ccc(C#Cc3cccc(C(=O)NCc4ccccc4)c3)cc2)CC1)C(=O)O. The van der Waals surface area contributed by atoms with Gasteiger partial charge in [0.15, 0.2) is 0 Å². The lowest BCUT2D eigenvalue weighted by Gasteiger charge is -2.35. The van der Waals surface area contributed by atoms with E-state index in [-0.39, 0.29) is 19.0 Å². The number of rotatable bonds is 8. The van der Waals surface area contributed by atoms with Crippen LogP contribution in [0, 0.1) is 11.8 Å². The molecule has 0 saturated carbocycles. The lowest BCUT2D eigenvalue weighted by atomic mass is 10.1. The minimum absolute atomic E-state index is 0.160. The van der Waals surface area contributed by atoms with Crippen molar-refractivity contribution in [2.75, 3.05) is 31.1 Å². The van der Waals surface area contributed by atoms with Gasteiger partial charge >= 0.3 is 5.97 Å². The van der Waals surface area contributed by atoms with Crippen LogP contribution in [0.25, 0.3) is 0 Å². The number of nitrogens with one attached hydrogen (secondary N) is 2. The average Bonchev–Trinajstić information content (AvgIpc) is 2.95. The molecule has 4 rings (SSSR count). The fraction of sp³-hybridized carbons (Fsp3) is 0.241. The second kappa shape index (κ2) is 12.6. The Labute approximate surface area is 228 Å². The maximum Gasteiger partial charge on any atom is 0.321 e. The van der Waals surface area contributed by atoms with Crippen LogP contribution in [0.1, 0.15) is 34.0 Å². The van der Waals surface area contributed by atoms with Crippen molar-refractivity contribution in [1.82, 2.24) is 14.3 Å². The molecule has 0 unspecified atom stereocenters. The third kappa shape index (κ3) is 7.67. The van der Waals surface area contributed by atoms with Crippen molar-refractivity contribution in [3.05, 3.63) is 101 Å². The average molecular weight is 547 g/mol. The van der Waals surface area contributed by atoms with Crippen molar-refractivity contribution in [3.8, 4) is 11.8 Å². The molecule has 1 saturated heterocycles. The molecule has 0 aliphatic carbocycles. The Morgan fingerprint density at radius 3 is 2.23 bits per heavy atom. The number of benzene rings is 3. The van der Waals surface area contributed by atoms with Crippen molar-refractivity contribution in [1.29, 1.82) is 0 Å². The summed E-state index contributed by atoms with van der Waals surface area (Å²) in [5.74, 6) is 4.85. The summed E-state index contributed by atoms with van der Waals surface area (Å²) in [5.41, 5.74) is 4.06. The highest BCUT2D eigenvalue weighted by Gasteiger charge is 2.29. The number of carboxylic acid groups (broad SMARTS) is 1. The molecule has 1 fully saturated rings. The number of carbonyl (C=O) groups excluding carboxylic acids is 1. The van der Waals surface area contributed by atoms with Crippen molar-refractivity contribution < 1.29 is 23.1 Å². The highest BCUT2D eigenvalue weighted by Crippen LogP contribution is 2.18. The van der Waals surface area contributed by atoms with Crippen LogP contribution in [-0.2, 0) is 21.5 Å². The monoisotopic (exact) mass is 546 g/mol. The number of carboxylic acids is 1. The van der Waals surface area contributed by atoms with Crippen LogP contribution >= 0.6 is 0 Å². The largest absolute Gasteiger partial charge is 0.480 e. The zero-order valence-electron chi connectivity index (χ0n) is 21.5. The zero-order valence-corrected chi connectivity index (χ0v) is 22.3. The molecule has 0 radical (unpaired) electrons. The van der Waals surface area contributed by atoms with Crippen molar-refractivity contribution in [2.45, 2.75) is 19.5 Å². The Morgan fingerprint density at radius 2 is 1.56 bits per heavy atom. The zero-order chi connectivity index (χ0) is 27.8. The molecule has 1 aliphatic heterocycles. The topological polar surface area (TPSA) is 119 Å². The summed E-state index contributed by atoms with van der Waals surface area (Å²) < 4.78 is 28.3. The molecule has 9 nitrogen and oxygen atoms in total. The standard InChI is InChI=1S/C29H30N4O5S/c1-22(29(35)36)31-39(37,38)33-18-16-32(17-19-33)27-14-12-23(13-15-27)10-11-24-8-5-9-26(20-24)28(34)30-21-25-6-3-2-4-7-25/h2-9,12-15,20,22,31H,16-19,21H2,1H3,(H,30,34)(H,35,36)/t22-/m1/s1. The summed E-state index contributed by atoms with van der Waals surface area (Å²) in [5, 5.41) is 11.9. The number of piperazine rings is 1. The Morgan fingerprint density at radius 1 is 0.897 bits per heavy atom. The second-order valence-corrected chi connectivity index (χ2v) is 10.8. The first-order valence-corrected chi connectivity index (χ1v) is 13.9. The molecular formula is C29H30N4O5S. The van der Waals surface area contributed by atoms with E-state index in [9.17, 15) is 18.0 Å². The van der Waals surface area contributed by atoms with Gasteiger partial charge < -0.3 is 15.3 Å². The third-order valence-corrected chi connectivity index (χ3v) is 7.98. The first kappa shape index (κ1) is 27.9. The summed E-state index contributed by atoms with van der Waals surface area (Å²) >= 11 is 0. The van der Waals surface area contributed by atoms with Gasteiger partial charge in [0.05, 0.1) is 0 Å². The molecule has 202 valence electrons. The van der Waals surface area contributed by atoms with Crippen LogP contribution in [-0.4, -0.2) is 61.9 Å². The molecule has 1 aliphatic rings. The molecule has 1 amide bonds. The van der Waals surface area contributed by atoms with E-state index in [1.165, 1.54) is 11.2 Å². The molecule has 0 spiro atoms. The first-order chi connectivity index (χ1) is 18.7. The van der Waals surface area contributed by atoms with Crippen LogP contribution in [0.2, 0.25) is 0 Å². The molecule has 39 heavy (non-hydrogen) atoms. The number of amides is 1. The van der Waals surface area contributed by atoms with Gasteiger partial charge in [-0.05, 0) is 55.0 Å². The van der Waals surface area contributed by atoms with E-state index in [0.29, 0.717) is 25.2 Å². The summed E-state index contributed by atoms with van der Waals surface area (Å²) in [6.45, 7) is 3.20. The molecule has 1 atom stereocenters. The maximum absolute atomic E-state index is 12.6. The van der Waals surface area contributed by atoms with Crippen molar-refractivity contribution in [2.24, 2.45) is 0 Å². The summed E-state index contributed by atoms with van der Waals surface area (Å²) in [6.07, 6.45) is 0. The van der Waals surface area contributed by atoms with Gasteiger partial charge in [-0.2, -0.15) is 17.4 Å². The van der Waals surface area contributed by atoms with Crippen LogP contribution in [0.15, 0.2) is 78.9 Å². The number of hydrogen-bond donors (Lipinski definition) is 3. The highest BCUT2D eigenvalue weighted by molar-refractivity contribution is 7.87. The molecule has 3 aromatic rings. The number of nitrogens with zero attached hydrogens (tertiary/aromatic N) is 2. The highest BCUT2D eigenvalue weighted by atomic mass is 32.2. The third-order valence-electron chi connectivity index (χ3n) is 6.28. The van der Waals surface area contributed by atoms with Gasteiger partial charge in [0.2, 0.25) is 0 Å². The lowest BCUT2D eigenvalue weighted by molar-refractivity contribution is -0.138. The molecule has 3 aromatic carbocycles. The van der Waals surface area contributed by atoms with Crippen LogP contribution in [0.5, 0.6) is 0 Å². The Bertz CT molecular complexity index is 1470. The molecule has 1 heterocycles. The fourth-order valence-electron chi connectivity index (χ4n) is 4.05. The van der Waals surface area contributed by atoms with E-state index in [1.807, 2.05) is 66.7 Å². The predicted molar refractivity (Wildman–Crippen MR) is 149 cm³/mol. The Kier molecular flexibility index (Phi) is 8.99. The number of hydrogen-bond acceptors (Lipinski definition) is 5. The van der Waals surface area contributed by atoms with E-state index >= 15 is 0 Å². The van der Waals surface area contributed by atoms with E-state index in [2.05, 4.69) is 26.8 Å². The smallest absolute Gasteiger partial charge is 0.321 e. The van der Waals surface area contributed by atoms with E-state index < -0.39 is 22.2 Å². The van der Waals surface area contributed by atoms with Crippen LogP contribution in [0.4, 0.5) is 5.69 Å². The Hall–Kier alpha value is -4.17. The van der Waals surface area contributed by atoms with E-state index in [4.69, 9.17) is 5.11 Å². The molecular weight excluding hydrogens is 516 g/mol. The molecule has 0 bridgehead atoms. The van der Waals surface area contributed by atoms with Gasteiger partial charge in [0.1, 0.15) is 6.04 Å². The fourth-order valence-corrected chi connectivity index (χ4v) is 5.39. The second-order valence-electron chi connectivity index (χ2n) is 9.11. The molecule has 0 aromatic heterocycles. The minimum Gasteiger partial charge on any atom is -0.480 e. The van der Waals surface area contributed by atoms with Gasteiger partial charge in [-0.3, -0.25) is 9.59 Å². The normalized spacial score (nSPS) is 14.6. The molecule has 10 heteroatoms. The van der Waals surface area contributed by atoms with Gasteiger partial charge in [0, 0.05) is 55.1 Å². The molecule has 3 N–H and O–H groups in total. The van der Waals surface area contributed by atoms with Crippen LogP contribution in [0.3, 0.4) is 0 Å². The summed E-state index contributed by atoms with van der Waals surface area (Å²) in [4.78, 5) is 25.6. The summed E-state index contributed by atoms with van der Waals surface area (Å²) in [6, 6.07) is 23.4. The van der Waals surface area contributed by atoms with E-state index in [0.717, 1.165) is 22.4 Å². The van der Waals surface area contributed by atoms with Gasteiger partial charge in [0.25, 0.3) is 16.1 Å². The predicted octanol–water partition coefficient (Wildman–Crippen LogP) is 2.45. The van der Waals surface area contributed by atoms with Crippen molar-refractivity contribution >= 4 is 27.8 Å². The minimum atomic E-state index is -3.87. The number of aliphatic carboxylic acids is 1. The van der Waals surface area contributed by atoms with E-state index in [1.54, 1.807) is 12.1 Å². The first-order valence-electron chi connectivity index (χ1n) is 12.5. The lowest BCUT2D eigenvalue weighted by Crippen LogP contribution is -2.54. The summed E-state index contributed by atoms with van der Waals surface area (Å²) in [7, 11) is -3.87. The number of anilines is 1. The number of carbonyl (C=O) groups is 2. The van der Waals surface area contributed by atoms with Crippen LogP contribution < -0.4 is 14.9 Å². The van der Waals surface area contributed by atoms with Gasteiger partial charge in [-0.25, -0.2) is 0 Å². The maximum atomic E-state index is 12.6. The van der Waals surface area contributed by atoms with Crippen molar-refractivity contribution in [3.63, 3.8) is 0 Å². The Balaban J connectivity index is 1.32. The quantitative estimate of drug-likeness (QED) is 0.374.